The number of benzene rings is 2. The highest BCUT2D eigenvalue weighted by molar-refractivity contribution is 7.89. The molecule has 5 nitrogen and oxygen atoms in total. The first kappa shape index (κ1) is 19.2. The number of rotatable bonds is 6. The van der Waals surface area contributed by atoms with Crippen molar-refractivity contribution in [2.75, 3.05) is 11.4 Å². The van der Waals surface area contributed by atoms with Crippen LogP contribution in [0.15, 0.2) is 47.4 Å². The maximum absolute atomic E-state index is 12.7. The molecule has 6 heteroatoms. The maximum atomic E-state index is 12.7. The number of aryl methyl sites for hydroxylation is 1. The number of amides is 1. The molecule has 2 aromatic rings. The van der Waals surface area contributed by atoms with Crippen molar-refractivity contribution >= 4 is 21.6 Å². The Balaban J connectivity index is 1.47. The van der Waals surface area contributed by atoms with Gasteiger partial charge in [-0.2, -0.15) is 0 Å². The molecule has 0 radical (unpaired) electrons. The summed E-state index contributed by atoms with van der Waals surface area (Å²) in [7, 11) is -3.57. The van der Waals surface area contributed by atoms with Gasteiger partial charge in [0.05, 0.1) is 4.90 Å². The molecule has 1 fully saturated rings. The van der Waals surface area contributed by atoms with Gasteiger partial charge in [0.15, 0.2) is 0 Å². The van der Waals surface area contributed by atoms with Crippen molar-refractivity contribution in [1.82, 2.24) is 4.72 Å². The van der Waals surface area contributed by atoms with E-state index < -0.39 is 10.0 Å². The number of nitrogens with zero attached hydrogens (tertiary/aromatic N) is 1. The number of anilines is 1. The quantitative estimate of drug-likeness (QED) is 0.813. The van der Waals surface area contributed by atoms with Crippen molar-refractivity contribution in [3.8, 4) is 0 Å². The Bertz CT molecular complexity index is 1010. The van der Waals surface area contributed by atoms with Gasteiger partial charge in [0.2, 0.25) is 15.9 Å². The summed E-state index contributed by atoms with van der Waals surface area (Å²) in [6, 6.07) is 13.3. The monoisotopic (exact) mass is 398 g/mol. The van der Waals surface area contributed by atoms with Crippen molar-refractivity contribution in [1.29, 1.82) is 0 Å². The average molecular weight is 399 g/mol. The molecule has 0 bridgehead atoms. The fraction of sp³-hybridized carbons (Fsp3) is 0.409. The second kappa shape index (κ2) is 7.33. The van der Waals surface area contributed by atoms with Crippen LogP contribution in [0.3, 0.4) is 0 Å². The SMILES string of the molecule is Cc1cccc(CCNS(=O)(=O)c2ccc3c(c2)CC(C)N3C(=O)C2CC2)c1. The van der Waals surface area contributed by atoms with Gasteiger partial charge in [-0.3, -0.25) is 4.79 Å². The fourth-order valence-electron chi connectivity index (χ4n) is 3.92. The van der Waals surface area contributed by atoms with E-state index in [9.17, 15) is 13.2 Å². The molecule has 1 aliphatic carbocycles. The highest BCUT2D eigenvalue weighted by Crippen LogP contribution is 2.39. The molecule has 2 aliphatic rings. The summed E-state index contributed by atoms with van der Waals surface area (Å²) in [5.74, 6) is 0.332. The van der Waals surface area contributed by atoms with Gasteiger partial charge in [0.1, 0.15) is 0 Å². The van der Waals surface area contributed by atoms with E-state index in [1.807, 2.05) is 36.9 Å². The minimum Gasteiger partial charge on any atom is -0.309 e. The van der Waals surface area contributed by atoms with E-state index in [2.05, 4.69) is 10.8 Å². The molecule has 1 N–H and O–H groups in total. The normalized spacial score (nSPS) is 18.9. The lowest BCUT2D eigenvalue weighted by molar-refractivity contribution is -0.120. The van der Waals surface area contributed by atoms with Gasteiger partial charge in [-0.25, -0.2) is 13.1 Å². The standard InChI is InChI=1S/C22H26N2O3S/c1-15-4-3-5-17(12-15)10-11-23-28(26,27)20-8-9-21-19(14-20)13-16(2)24(21)22(25)18-6-7-18/h3-5,8-9,12,14,16,18,23H,6-7,10-11,13H2,1-2H3. The number of hydrogen-bond acceptors (Lipinski definition) is 3. The molecule has 2 aromatic carbocycles. The van der Waals surface area contributed by atoms with Crippen molar-refractivity contribution in [3.63, 3.8) is 0 Å². The van der Waals surface area contributed by atoms with Crippen LogP contribution < -0.4 is 9.62 Å². The van der Waals surface area contributed by atoms with Gasteiger partial charge in [0.25, 0.3) is 0 Å². The maximum Gasteiger partial charge on any atom is 0.240 e. The zero-order valence-electron chi connectivity index (χ0n) is 16.3. The van der Waals surface area contributed by atoms with Gasteiger partial charge in [-0.05, 0) is 68.9 Å². The van der Waals surface area contributed by atoms with Gasteiger partial charge in [-0.1, -0.05) is 29.8 Å². The van der Waals surface area contributed by atoms with E-state index in [-0.39, 0.29) is 22.8 Å². The van der Waals surface area contributed by atoms with E-state index in [1.165, 1.54) is 5.56 Å². The van der Waals surface area contributed by atoms with Crippen LogP contribution in [0.4, 0.5) is 5.69 Å². The molecule has 148 valence electrons. The molecule has 1 atom stereocenters. The minimum absolute atomic E-state index is 0.0790. The number of nitrogens with one attached hydrogen (secondary N) is 1. The lowest BCUT2D eigenvalue weighted by atomic mass is 10.1. The molecule has 1 saturated carbocycles. The largest absolute Gasteiger partial charge is 0.309 e. The predicted octanol–water partition coefficient (Wildman–Crippen LogP) is 3.20. The Morgan fingerprint density at radius 2 is 1.96 bits per heavy atom. The summed E-state index contributed by atoms with van der Waals surface area (Å²) in [6.45, 7) is 4.40. The molecule has 1 heterocycles. The van der Waals surface area contributed by atoms with Crippen LogP contribution in [-0.2, 0) is 27.7 Å². The lowest BCUT2D eigenvalue weighted by Gasteiger charge is -2.22. The van der Waals surface area contributed by atoms with Crippen LogP contribution in [0.25, 0.3) is 0 Å². The molecular weight excluding hydrogens is 372 g/mol. The summed E-state index contributed by atoms with van der Waals surface area (Å²) in [6.07, 6.45) is 3.27. The Kier molecular flexibility index (Phi) is 5.02. The van der Waals surface area contributed by atoms with E-state index >= 15 is 0 Å². The lowest BCUT2D eigenvalue weighted by Crippen LogP contribution is -2.36. The summed E-state index contributed by atoms with van der Waals surface area (Å²) in [5, 5.41) is 0. The molecule has 0 aromatic heterocycles. The zero-order chi connectivity index (χ0) is 19.9. The predicted molar refractivity (Wildman–Crippen MR) is 110 cm³/mol. The Morgan fingerprint density at radius 3 is 2.68 bits per heavy atom. The van der Waals surface area contributed by atoms with Crippen LogP contribution in [0.1, 0.15) is 36.5 Å². The Labute approximate surface area is 166 Å². The van der Waals surface area contributed by atoms with Crippen LogP contribution >= 0.6 is 0 Å². The third kappa shape index (κ3) is 3.84. The number of carbonyl (C=O) groups excluding carboxylic acids is 1. The summed E-state index contributed by atoms with van der Waals surface area (Å²) >= 11 is 0. The molecule has 1 amide bonds. The third-order valence-corrected chi connectivity index (χ3v) is 6.99. The fourth-order valence-corrected chi connectivity index (χ4v) is 5.00. The molecule has 1 unspecified atom stereocenters. The van der Waals surface area contributed by atoms with Gasteiger partial charge in [0, 0.05) is 24.2 Å². The van der Waals surface area contributed by atoms with E-state index in [4.69, 9.17) is 0 Å². The van der Waals surface area contributed by atoms with E-state index in [0.717, 1.165) is 29.7 Å². The average Bonchev–Trinajstić information content (AvgIpc) is 3.43. The summed E-state index contributed by atoms with van der Waals surface area (Å²) in [4.78, 5) is 14.7. The molecule has 4 rings (SSSR count). The Morgan fingerprint density at radius 1 is 1.18 bits per heavy atom. The smallest absolute Gasteiger partial charge is 0.240 e. The molecule has 28 heavy (non-hydrogen) atoms. The topological polar surface area (TPSA) is 66.5 Å². The third-order valence-electron chi connectivity index (χ3n) is 5.53. The van der Waals surface area contributed by atoms with Crippen LogP contribution in [0.5, 0.6) is 0 Å². The second-order valence-electron chi connectivity index (χ2n) is 7.96. The molecule has 1 aliphatic heterocycles. The van der Waals surface area contributed by atoms with Crippen molar-refractivity contribution in [2.24, 2.45) is 5.92 Å². The first-order valence-corrected chi connectivity index (χ1v) is 11.3. The number of sulfonamides is 1. The van der Waals surface area contributed by atoms with E-state index in [1.54, 1.807) is 18.2 Å². The Hall–Kier alpha value is -2.18. The van der Waals surface area contributed by atoms with Crippen LogP contribution in [-0.4, -0.2) is 26.9 Å². The first-order chi connectivity index (χ1) is 13.3. The van der Waals surface area contributed by atoms with Crippen molar-refractivity contribution < 1.29 is 13.2 Å². The minimum atomic E-state index is -3.57. The molecule has 0 saturated heterocycles. The van der Waals surface area contributed by atoms with E-state index in [0.29, 0.717) is 19.4 Å². The second-order valence-corrected chi connectivity index (χ2v) is 9.73. The number of carbonyl (C=O) groups is 1. The highest BCUT2D eigenvalue weighted by Gasteiger charge is 2.39. The van der Waals surface area contributed by atoms with Crippen molar-refractivity contribution in [3.05, 3.63) is 59.2 Å². The summed E-state index contributed by atoms with van der Waals surface area (Å²) in [5.41, 5.74) is 4.07. The molecular formula is C22H26N2O3S. The summed E-state index contributed by atoms with van der Waals surface area (Å²) < 4.78 is 28.1. The van der Waals surface area contributed by atoms with Gasteiger partial charge < -0.3 is 4.90 Å². The van der Waals surface area contributed by atoms with Gasteiger partial charge >= 0.3 is 0 Å². The highest BCUT2D eigenvalue weighted by atomic mass is 32.2. The zero-order valence-corrected chi connectivity index (χ0v) is 17.1. The molecule has 0 spiro atoms. The number of hydrogen-bond donors (Lipinski definition) is 1. The van der Waals surface area contributed by atoms with Gasteiger partial charge in [-0.15, -0.1) is 0 Å². The number of fused-ring (bicyclic) bond motifs is 1. The first-order valence-electron chi connectivity index (χ1n) is 9.86. The van der Waals surface area contributed by atoms with Crippen LogP contribution in [0.2, 0.25) is 0 Å². The van der Waals surface area contributed by atoms with Crippen molar-refractivity contribution in [2.45, 2.75) is 50.5 Å². The van der Waals surface area contributed by atoms with Crippen LogP contribution in [0, 0.1) is 12.8 Å².